The molecule has 0 bridgehead atoms. The molecule has 0 aliphatic carbocycles. The number of alkyl halides is 6. The molecule has 1 aliphatic heterocycles. The van der Waals surface area contributed by atoms with Crippen LogP contribution in [-0.4, -0.2) is 16.9 Å². The van der Waals surface area contributed by atoms with Crippen LogP contribution in [-0.2, 0) is 17.3 Å². The Morgan fingerprint density at radius 2 is 1.12 bits per heavy atom. The minimum Gasteiger partial charge on any atom is -0.378 e. The summed E-state index contributed by atoms with van der Waals surface area (Å²) in [5.41, 5.74) is -0.768. The zero-order valence-corrected chi connectivity index (χ0v) is 30.8. The van der Waals surface area contributed by atoms with E-state index in [1.165, 1.54) is 17.7 Å². The fourth-order valence-electron chi connectivity index (χ4n) is 6.93. The Kier molecular flexibility index (Phi) is 10.1. The van der Waals surface area contributed by atoms with Gasteiger partial charge < -0.3 is 9.88 Å². The third-order valence-corrected chi connectivity index (χ3v) is 9.55. The Labute approximate surface area is 302 Å². The average molecular weight is 717 g/mol. The van der Waals surface area contributed by atoms with Crippen LogP contribution >= 0.6 is 0 Å². The molecular weight excluding hydrogens is 670 g/mol. The molecule has 0 saturated carbocycles. The van der Waals surface area contributed by atoms with Crippen molar-refractivity contribution < 1.29 is 26.3 Å². The fraction of sp³-hybridized carbons (Fsp3) is 0.318. The SMILES string of the molecule is C=C1NC(C)c2cc(C(c3ccc4c(=C)n(-c5ccc(Cc6ccc(C(C)(C)C)cc6)cc5)c(=C)c4c3)(C(F)(F)F)C(F)(F)F)ccc21.CC(C)C. The summed E-state index contributed by atoms with van der Waals surface area (Å²) < 4.78 is 92.2. The second-order valence-corrected chi connectivity index (χ2v) is 15.4. The Bertz CT molecular complexity index is 2180. The highest BCUT2D eigenvalue weighted by molar-refractivity contribution is 5.86. The van der Waals surface area contributed by atoms with E-state index in [2.05, 4.69) is 90.9 Å². The van der Waals surface area contributed by atoms with E-state index in [0.29, 0.717) is 39.7 Å². The molecule has 274 valence electrons. The van der Waals surface area contributed by atoms with Crippen molar-refractivity contribution in [1.29, 1.82) is 0 Å². The molecule has 8 heteroatoms. The summed E-state index contributed by atoms with van der Waals surface area (Å²) in [6, 6.07) is 21.9. The molecule has 0 saturated heterocycles. The lowest BCUT2D eigenvalue weighted by Gasteiger charge is -2.38. The Morgan fingerprint density at radius 3 is 1.63 bits per heavy atom. The van der Waals surface area contributed by atoms with Crippen LogP contribution < -0.4 is 16.0 Å². The van der Waals surface area contributed by atoms with Crippen molar-refractivity contribution in [2.75, 3.05) is 0 Å². The smallest absolute Gasteiger partial charge is 0.378 e. The maximum absolute atomic E-state index is 15.1. The van der Waals surface area contributed by atoms with Gasteiger partial charge in [-0.3, -0.25) is 0 Å². The van der Waals surface area contributed by atoms with Crippen LogP contribution in [0.15, 0.2) is 91.5 Å². The lowest BCUT2D eigenvalue weighted by molar-refractivity contribution is -0.288. The molecule has 52 heavy (non-hydrogen) atoms. The second-order valence-electron chi connectivity index (χ2n) is 15.4. The third kappa shape index (κ3) is 6.92. The summed E-state index contributed by atoms with van der Waals surface area (Å²) >= 11 is 0. The number of halogens is 6. The highest BCUT2D eigenvalue weighted by Gasteiger charge is 2.72. The lowest BCUT2D eigenvalue weighted by atomic mass is 9.71. The number of fused-ring (bicyclic) bond motifs is 2. The van der Waals surface area contributed by atoms with Gasteiger partial charge in [0.15, 0.2) is 0 Å². The van der Waals surface area contributed by atoms with Crippen molar-refractivity contribution in [2.45, 2.75) is 84.1 Å². The van der Waals surface area contributed by atoms with E-state index in [-0.39, 0.29) is 16.2 Å². The van der Waals surface area contributed by atoms with E-state index in [1.54, 1.807) is 11.5 Å². The van der Waals surface area contributed by atoms with Gasteiger partial charge in [-0.2, -0.15) is 26.3 Å². The molecule has 1 aromatic heterocycles. The fourth-order valence-corrected chi connectivity index (χ4v) is 6.93. The summed E-state index contributed by atoms with van der Waals surface area (Å²) in [5, 5.41) is 4.20. The highest BCUT2D eigenvalue weighted by Crippen LogP contribution is 2.57. The third-order valence-electron chi connectivity index (χ3n) is 9.55. The summed E-state index contributed by atoms with van der Waals surface area (Å²) in [4.78, 5) is 0. The van der Waals surface area contributed by atoms with E-state index in [0.717, 1.165) is 41.3 Å². The monoisotopic (exact) mass is 716 g/mol. The van der Waals surface area contributed by atoms with Crippen LogP contribution in [0.4, 0.5) is 26.3 Å². The first-order valence-electron chi connectivity index (χ1n) is 17.3. The Balaban J connectivity index is 0.00000124. The Hall–Kier alpha value is -4.72. The van der Waals surface area contributed by atoms with Gasteiger partial charge in [0.05, 0.1) is 0 Å². The topological polar surface area (TPSA) is 17.0 Å². The van der Waals surface area contributed by atoms with Crippen LogP contribution in [0.5, 0.6) is 0 Å². The quantitative estimate of drug-likeness (QED) is 0.179. The van der Waals surface area contributed by atoms with Crippen LogP contribution in [0, 0.1) is 5.92 Å². The largest absolute Gasteiger partial charge is 0.411 e. The molecule has 1 atom stereocenters. The maximum Gasteiger partial charge on any atom is 0.411 e. The molecule has 1 unspecified atom stereocenters. The molecule has 2 nitrogen and oxygen atoms in total. The van der Waals surface area contributed by atoms with Crippen molar-refractivity contribution in [2.24, 2.45) is 5.92 Å². The molecule has 5 aromatic rings. The summed E-state index contributed by atoms with van der Waals surface area (Å²) in [7, 11) is 0. The number of rotatable bonds is 5. The first kappa shape index (κ1) is 38.5. The van der Waals surface area contributed by atoms with E-state index < -0.39 is 34.9 Å². The zero-order valence-electron chi connectivity index (χ0n) is 30.8. The first-order valence-corrected chi connectivity index (χ1v) is 17.3. The van der Waals surface area contributed by atoms with Gasteiger partial charge >= 0.3 is 12.4 Å². The predicted octanol–water partition coefficient (Wildman–Crippen LogP) is 11.0. The predicted molar refractivity (Wildman–Crippen MR) is 202 cm³/mol. The molecule has 0 spiro atoms. The molecule has 2 heterocycles. The number of aromatic nitrogens is 1. The van der Waals surface area contributed by atoms with Gasteiger partial charge in [0.25, 0.3) is 0 Å². The standard InChI is InChI=1S/C40H36F6N2.C4H10/c1-23-33-18-14-30(21-35(33)24(2)47-23)38(39(41,42)43,40(44,45)46)31-15-19-34-25(3)48(26(4)36(34)22-31)32-16-10-28(11-17-32)20-27-8-12-29(13-9-27)37(5,6)7;1-4(2)3/h8-19,21-22,24,47H,1,3-4,20H2,2,5-7H3;4H,1-3H3. The number of hydrogen-bond donors (Lipinski definition) is 1. The van der Waals surface area contributed by atoms with Gasteiger partial charge in [-0.15, -0.1) is 0 Å². The molecule has 0 fully saturated rings. The van der Waals surface area contributed by atoms with Crippen LogP contribution in [0.2, 0.25) is 0 Å². The number of nitrogens with one attached hydrogen (secondary N) is 1. The van der Waals surface area contributed by atoms with Gasteiger partial charge in [0.2, 0.25) is 5.41 Å². The maximum atomic E-state index is 15.1. The summed E-state index contributed by atoms with van der Waals surface area (Å²) in [6.07, 6.45) is -10.8. The van der Waals surface area contributed by atoms with Crippen LogP contribution in [0.1, 0.15) is 93.5 Å². The normalized spacial score (nSPS) is 15.0. The van der Waals surface area contributed by atoms with E-state index in [9.17, 15) is 0 Å². The minimum atomic E-state index is -5.72. The second kappa shape index (κ2) is 13.7. The number of hydrogen-bond acceptors (Lipinski definition) is 1. The molecule has 0 amide bonds. The minimum absolute atomic E-state index is 0.0496. The first-order chi connectivity index (χ1) is 24.1. The highest BCUT2D eigenvalue weighted by atomic mass is 19.4. The summed E-state index contributed by atoms with van der Waals surface area (Å²) in [6.45, 7) is 26.7. The van der Waals surface area contributed by atoms with Crippen LogP contribution in [0.25, 0.3) is 35.3 Å². The number of nitrogens with zero attached hydrogens (tertiary/aromatic N) is 1. The molecule has 4 aromatic carbocycles. The summed E-state index contributed by atoms with van der Waals surface area (Å²) in [5.74, 6) is 0.833. The average Bonchev–Trinajstić information content (AvgIpc) is 3.46. The van der Waals surface area contributed by atoms with Crippen molar-refractivity contribution in [3.63, 3.8) is 0 Å². The van der Waals surface area contributed by atoms with Gasteiger partial charge in [-0.25, -0.2) is 0 Å². The van der Waals surface area contributed by atoms with E-state index in [1.807, 2.05) is 24.3 Å². The van der Waals surface area contributed by atoms with Crippen molar-refractivity contribution in [3.05, 3.63) is 141 Å². The van der Waals surface area contributed by atoms with Crippen molar-refractivity contribution >= 4 is 29.6 Å². The van der Waals surface area contributed by atoms with Crippen molar-refractivity contribution in [3.8, 4) is 5.69 Å². The number of benzene rings is 4. The van der Waals surface area contributed by atoms with Gasteiger partial charge in [-0.1, -0.05) is 128 Å². The molecule has 1 N–H and O–H groups in total. The van der Waals surface area contributed by atoms with Gasteiger partial charge in [0, 0.05) is 44.5 Å². The molecule has 1 aliphatic rings. The van der Waals surface area contributed by atoms with Crippen molar-refractivity contribution in [1.82, 2.24) is 9.88 Å². The molecule has 0 radical (unpaired) electrons. The zero-order chi connectivity index (χ0) is 38.6. The van der Waals surface area contributed by atoms with Gasteiger partial charge in [-0.05, 0) is 76.3 Å². The Morgan fingerprint density at radius 1 is 0.654 bits per heavy atom. The lowest BCUT2D eigenvalue weighted by Crippen LogP contribution is -2.54. The van der Waals surface area contributed by atoms with Crippen LogP contribution in [0.3, 0.4) is 0 Å². The van der Waals surface area contributed by atoms with Gasteiger partial charge in [0.1, 0.15) is 0 Å². The molecule has 6 rings (SSSR count). The van der Waals surface area contributed by atoms with E-state index >= 15 is 26.3 Å². The van der Waals surface area contributed by atoms with E-state index in [4.69, 9.17) is 0 Å². The molecular formula is C44H46F6N2.